The molecule has 20 heavy (non-hydrogen) atoms. The molecule has 0 radical (unpaired) electrons. The van der Waals surface area contributed by atoms with Gasteiger partial charge in [0.05, 0.1) is 0 Å². The quantitative estimate of drug-likeness (QED) is 0.895. The first-order valence-electron chi connectivity index (χ1n) is 6.66. The summed E-state index contributed by atoms with van der Waals surface area (Å²) in [7, 11) is 0. The third kappa shape index (κ3) is 2.88. The van der Waals surface area contributed by atoms with E-state index in [0.29, 0.717) is 17.5 Å². The van der Waals surface area contributed by atoms with Crippen molar-refractivity contribution in [3.8, 4) is 0 Å². The number of hydrogen-bond acceptors (Lipinski definition) is 1. The molecule has 0 saturated heterocycles. The van der Waals surface area contributed by atoms with Crippen LogP contribution in [0.4, 0.5) is 8.78 Å². The molecule has 0 fully saturated rings. The maximum Gasteiger partial charge on any atom is 0.130 e. The standard InChI is InChI=1S/C17H19F2N/c1-10-5-4-6-11(2)13(10)8-17(20)14-7-12(3)15(18)9-16(14)19/h4-7,9,17H,8,20H2,1-3H3. The lowest BCUT2D eigenvalue weighted by Gasteiger charge is -2.17. The predicted octanol–water partition coefficient (Wildman–Crippen LogP) is 4.13. The molecule has 2 aromatic rings. The van der Waals surface area contributed by atoms with Crippen molar-refractivity contribution < 1.29 is 8.78 Å². The molecule has 0 aliphatic rings. The van der Waals surface area contributed by atoms with Crippen LogP contribution in [0.1, 0.15) is 33.9 Å². The Morgan fingerprint density at radius 2 is 1.55 bits per heavy atom. The molecule has 0 aliphatic carbocycles. The lowest BCUT2D eigenvalue weighted by molar-refractivity contribution is 0.549. The minimum absolute atomic E-state index is 0.367. The molecule has 0 saturated carbocycles. The molecule has 3 heteroatoms. The van der Waals surface area contributed by atoms with Crippen molar-refractivity contribution in [1.82, 2.24) is 0 Å². The Kier molecular flexibility index (Phi) is 4.19. The van der Waals surface area contributed by atoms with Crippen molar-refractivity contribution >= 4 is 0 Å². The van der Waals surface area contributed by atoms with E-state index in [9.17, 15) is 8.78 Å². The Bertz CT molecular complexity index is 615. The van der Waals surface area contributed by atoms with E-state index in [4.69, 9.17) is 5.73 Å². The molecule has 106 valence electrons. The number of hydrogen-bond donors (Lipinski definition) is 1. The minimum atomic E-state index is -0.577. The first-order valence-corrected chi connectivity index (χ1v) is 6.66. The molecule has 1 unspecified atom stereocenters. The second kappa shape index (κ2) is 5.71. The zero-order valence-corrected chi connectivity index (χ0v) is 12.0. The van der Waals surface area contributed by atoms with Gasteiger partial charge in [-0.1, -0.05) is 18.2 Å². The zero-order chi connectivity index (χ0) is 14.9. The highest BCUT2D eigenvalue weighted by Gasteiger charge is 2.16. The molecule has 2 N–H and O–H groups in total. The lowest BCUT2D eigenvalue weighted by atomic mass is 9.92. The molecule has 0 aromatic heterocycles. The van der Waals surface area contributed by atoms with Gasteiger partial charge >= 0.3 is 0 Å². The third-order valence-corrected chi connectivity index (χ3v) is 3.75. The summed E-state index contributed by atoms with van der Waals surface area (Å²) in [5.41, 5.74) is 10.3. The van der Waals surface area contributed by atoms with Crippen molar-refractivity contribution in [2.45, 2.75) is 33.2 Å². The lowest BCUT2D eigenvalue weighted by Crippen LogP contribution is -2.17. The summed E-state index contributed by atoms with van der Waals surface area (Å²) in [6.07, 6.45) is 0.542. The molecular weight excluding hydrogens is 256 g/mol. The van der Waals surface area contributed by atoms with Gasteiger partial charge in [0, 0.05) is 17.7 Å². The third-order valence-electron chi connectivity index (χ3n) is 3.75. The first-order chi connectivity index (χ1) is 9.40. The van der Waals surface area contributed by atoms with E-state index in [1.54, 1.807) is 6.92 Å². The van der Waals surface area contributed by atoms with E-state index in [-0.39, 0.29) is 0 Å². The molecule has 2 rings (SSSR count). The maximum atomic E-state index is 13.9. The Morgan fingerprint density at radius 3 is 2.15 bits per heavy atom. The van der Waals surface area contributed by atoms with Gasteiger partial charge in [-0.25, -0.2) is 8.78 Å². The molecule has 0 bridgehead atoms. The molecule has 0 heterocycles. The monoisotopic (exact) mass is 275 g/mol. The van der Waals surface area contributed by atoms with Gasteiger partial charge < -0.3 is 5.73 Å². The van der Waals surface area contributed by atoms with E-state index in [2.05, 4.69) is 0 Å². The molecule has 0 spiro atoms. The van der Waals surface area contributed by atoms with Gasteiger partial charge in [-0.05, 0) is 55.5 Å². The van der Waals surface area contributed by atoms with Gasteiger partial charge in [-0.15, -0.1) is 0 Å². The van der Waals surface area contributed by atoms with Gasteiger partial charge in [0.2, 0.25) is 0 Å². The van der Waals surface area contributed by atoms with Crippen LogP contribution in [-0.4, -0.2) is 0 Å². The maximum absolute atomic E-state index is 13.9. The number of aryl methyl sites for hydroxylation is 3. The average Bonchev–Trinajstić information content (AvgIpc) is 2.38. The minimum Gasteiger partial charge on any atom is -0.324 e. The molecule has 0 amide bonds. The Balaban J connectivity index is 2.33. The summed E-state index contributed by atoms with van der Waals surface area (Å²) in [5, 5.41) is 0. The van der Waals surface area contributed by atoms with E-state index < -0.39 is 17.7 Å². The fourth-order valence-corrected chi connectivity index (χ4v) is 2.46. The summed E-state index contributed by atoms with van der Waals surface area (Å²) in [6.45, 7) is 5.65. The predicted molar refractivity (Wildman–Crippen MR) is 77.6 cm³/mol. The van der Waals surface area contributed by atoms with Crippen LogP contribution in [0.2, 0.25) is 0 Å². The van der Waals surface area contributed by atoms with E-state index in [1.165, 1.54) is 6.07 Å². The molecule has 1 nitrogen and oxygen atoms in total. The van der Waals surface area contributed by atoms with Crippen LogP contribution in [0.3, 0.4) is 0 Å². The van der Waals surface area contributed by atoms with Crippen LogP contribution in [0.5, 0.6) is 0 Å². The highest BCUT2D eigenvalue weighted by Crippen LogP contribution is 2.25. The summed E-state index contributed by atoms with van der Waals surface area (Å²) < 4.78 is 27.2. The van der Waals surface area contributed by atoms with Crippen molar-refractivity contribution in [3.05, 3.63) is 69.8 Å². The SMILES string of the molecule is Cc1cc(C(N)Cc2c(C)cccc2C)c(F)cc1F. The van der Waals surface area contributed by atoms with Gasteiger partial charge in [0.1, 0.15) is 11.6 Å². The van der Waals surface area contributed by atoms with Crippen LogP contribution in [-0.2, 0) is 6.42 Å². The van der Waals surface area contributed by atoms with E-state index in [0.717, 1.165) is 22.8 Å². The fourth-order valence-electron chi connectivity index (χ4n) is 2.46. The van der Waals surface area contributed by atoms with Crippen molar-refractivity contribution in [2.75, 3.05) is 0 Å². The van der Waals surface area contributed by atoms with Gasteiger partial charge in [0.15, 0.2) is 0 Å². The molecule has 1 atom stereocenters. The van der Waals surface area contributed by atoms with Crippen molar-refractivity contribution in [1.29, 1.82) is 0 Å². The van der Waals surface area contributed by atoms with Crippen LogP contribution in [0.15, 0.2) is 30.3 Å². The summed E-state index contributed by atoms with van der Waals surface area (Å²) in [6, 6.07) is 7.96. The van der Waals surface area contributed by atoms with Crippen molar-refractivity contribution in [2.24, 2.45) is 5.73 Å². The number of rotatable bonds is 3. The van der Waals surface area contributed by atoms with Crippen LogP contribution < -0.4 is 5.73 Å². The first kappa shape index (κ1) is 14.7. The summed E-state index contributed by atoms with van der Waals surface area (Å²) >= 11 is 0. The largest absolute Gasteiger partial charge is 0.324 e. The Hall–Kier alpha value is -1.74. The molecule has 2 aromatic carbocycles. The summed E-state index contributed by atoms with van der Waals surface area (Å²) in [5.74, 6) is -1.11. The van der Waals surface area contributed by atoms with Crippen LogP contribution >= 0.6 is 0 Å². The Morgan fingerprint density at radius 1 is 0.950 bits per heavy atom. The van der Waals surface area contributed by atoms with Gasteiger partial charge in [-0.3, -0.25) is 0 Å². The number of nitrogens with two attached hydrogens (primary N) is 1. The second-order valence-electron chi connectivity index (χ2n) is 5.30. The highest BCUT2D eigenvalue weighted by molar-refractivity contribution is 5.36. The van der Waals surface area contributed by atoms with Gasteiger partial charge in [0.25, 0.3) is 0 Å². The smallest absolute Gasteiger partial charge is 0.130 e. The van der Waals surface area contributed by atoms with E-state index >= 15 is 0 Å². The highest BCUT2D eigenvalue weighted by atomic mass is 19.1. The Labute approximate surface area is 118 Å². The van der Waals surface area contributed by atoms with Crippen LogP contribution in [0.25, 0.3) is 0 Å². The zero-order valence-electron chi connectivity index (χ0n) is 12.0. The topological polar surface area (TPSA) is 26.0 Å². The fraction of sp³-hybridized carbons (Fsp3) is 0.294. The number of halogens is 2. The molecular formula is C17H19F2N. The van der Waals surface area contributed by atoms with Crippen molar-refractivity contribution in [3.63, 3.8) is 0 Å². The summed E-state index contributed by atoms with van der Waals surface area (Å²) in [4.78, 5) is 0. The second-order valence-corrected chi connectivity index (χ2v) is 5.30. The van der Waals surface area contributed by atoms with Gasteiger partial charge in [-0.2, -0.15) is 0 Å². The van der Waals surface area contributed by atoms with Crippen LogP contribution in [0, 0.1) is 32.4 Å². The van der Waals surface area contributed by atoms with E-state index in [1.807, 2.05) is 32.0 Å². The molecule has 0 aliphatic heterocycles. The normalized spacial score (nSPS) is 12.5. The average molecular weight is 275 g/mol. The number of benzene rings is 2.